The summed E-state index contributed by atoms with van der Waals surface area (Å²) in [7, 11) is 0. The van der Waals surface area contributed by atoms with E-state index in [0.29, 0.717) is 12.6 Å². The molecule has 0 bridgehead atoms. The molecule has 7 nitrogen and oxygen atoms in total. The van der Waals surface area contributed by atoms with Gasteiger partial charge in [0.15, 0.2) is 5.96 Å². The topological polar surface area (TPSA) is 95.6 Å². The summed E-state index contributed by atoms with van der Waals surface area (Å²) in [5.74, 6) is 1.64. The fourth-order valence-corrected chi connectivity index (χ4v) is 3.12. The standard InChI is InChI=1S/C18H28N6O.HI/c1-2-20-18(23-15-5-6-15)22-12-14-4-3-9-21-17(14)24-10-7-13(8-11-24)16(19)25;/h3-4,9,13,15H,2,5-8,10-12H2,1H3,(H2,19,25)(H2,20,22,23);1H. The number of primary amides is 1. The highest BCUT2D eigenvalue weighted by Gasteiger charge is 2.25. The molecule has 144 valence electrons. The maximum atomic E-state index is 11.4. The SMILES string of the molecule is CCNC(=NCc1cccnc1N1CCC(C(N)=O)CC1)NC1CC1.I. The van der Waals surface area contributed by atoms with Gasteiger partial charge >= 0.3 is 0 Å². The fraction of sp³-hybridized carbons (Fsp3) is 0.611. The number of carbonyl (C=O) groups excluding carboxylic acids is 1. The average molecular weight is 472 g/mol. The molecule has 2 heterocycles. The van der Waals surface area contributed by atoms with E-state index in [1.54, 1.807) is 0 Å². The Morgan fingerprint density at radius 2 is 2.08 bits per heavy atom. The first kappa shape index (κ1) is 20.7. The van der Waals surface area contributed by atoms with Crippen molar-refractivity contribution in [3.63, 3.8) is 0 Å². The number of nitrogens with one attached hydrogen (secondary N) is 2. The minimum absolute atomic E-state index is 0. The second kappa shape index (κ2) is 9.94. The Kier molecular flexibility index (Phi) is 7.92. The third-order valence-electron chi connectivity index (χ3n) is 4.73. The van der Waals surface area contributed by atoms with Gasteiger partial charge in [0.05, 0.1) is 6.54 Å². The van der Waals surface area contributed by atoms with Crippen LogP contribution in [0, 0.1) is 5.92 Å². The van der Waals surface area contributed by atoms with Crippen molar-refractivity contribution in [1.82, 2.24) is 15.6 Å². The molecule has 0 radical (unpaired) electrons. The number of aromatic nitrogens is 1. The molecule has 2 aliphatic rings. The molecule has 3 rings (SSSR count). The molecule has 1 amide bonds. The van der Waals surface area contributed by atoms with Gasteiger partial charge in [0, 0.05) is 43.4 Å². The van der Waals surface area contributed by atoms with Crippen molar-refractivity contribution in [3.8, 4) is 0 Å². The zero-order valence-corrected chi connectivity index (χ0v) is 17.6. The summed E-state index contributed by atoms with van der Waals surface area (Å²) < 4.78 is 0. The van der Waals surface area contributed by atoms with Crippen LogP contribution in [0.3, 0.4) is 0 Å². The minimum Gasteiger partial charge on any atom is -0.369 e. The number of nitrogens with two attached hydrogens (primary N) is 1. The maximum Gasteiger partial charge on any atom is 0.220 e. The molecule has 1 aromatic rings. The van der Waals surface area contributed by atoms with Crippen LogP contribution in [0.25, 0.3) is 0 Å². The third kappa shape index (κ3) is 5.72. The molecular formula is C18H29IN6O. The molecule has 2 fully saturated rings. The summed E-state index contributed by atoms with van der Waals surface area (Å²) in [6, 6.07) is 4.59. The van der Waals surface area contributed by atoms with Crippen LogP contribution in [0.2, 0.25) is 0 Å². The largest absolute Gasteiger partial charge is 0.369 e. The molecule has 1 saturated carbocycles. The Morgan fingerprint density at radius 3 is 2.69 bits per heavy atom. The number of anilines is 1. The lowest BCUT2D eigenvalue weighted by atomic mass is 9.96. The van der Waals surface area contributed by atoms with E-state index in [0.717, 1.165) is 49.8 Å². The average Bonchev–Trinajstić information content (AvgIpc) is 3.44. The van der Waals surface area contributed by atoms with E-state index in [4.69, 9.17) is 10.7 Å². The first-order valence-corrected chi connectivity index (χ1v) is 9.20. The van der Waals surface area contributed by atoms with E-state index >= 15 is 0 Å². The van der Waals surface area contributed by atoms with Gasteiger partial charge in [-0.3, -0.25) is 4.79 Å². The van der Waals surface area contributed by atoms with Gasteiger partial charge in [-0.2, -0.15) is 0 Å². The minimum atomic E-state index is -0.188. The summed E-state index contributed by atoms with van der Waals surface area (Å²) in [5, 5.41) is 6.73. The first-order chi connectivity index (χ1) is 12.2. The maximum absolute atomic E-state index is 11.4. The van der Waals surface area contributed by atoms with Crippen LogP contribution in [-0.4, -0.2) is 42.5 Å². The number of amides is 1. The molecule has 1 saturated heterocycles. The highest BCUT2D eigenvalue weighted by Crippen LogP contribution is 2.25. The van der Waals surface area contributed by atoms with E-state index < -0.39 is 0 Å². The van der Waals surface area contributed by atoms with Crippen LogP contribution >= 0.6 is 24.0 Å². The third-order valence-corrected chi connectivity index (χ3v) is 4.73. The van der Waals surface area contributed by atoms with E-state index in [1.807, 2.05) is 12.3 Å². The summed E-state index contributed by atoms with van der Waals surface area (Å²) in [4.78, 5) is 22.9. The second-order valence-corrected chi connectivity index (χ2v) is 6.76. The zero-order valence-electron chi connectivity index (χ0n) is 15.3. The zero-order chi connectivity index (χ0) is 17.6. The second-order valence-electron chi connectivity index (χ2n) is 6.76. The molecule has 0 aromatic carbocycles. The Balaban J connectivity index is 0.00000243. The van der Waals surface area contributed by atoms with Crippen molar-refractivity contribution in [2.45, 2.75) is 45.2 Å². The number of pyridine rings is 1. The van der Waals surface area contributed by atoms with Gasteiger partial charge in [-0.25, -0.2) is 9.98 Å². The molecule has 0 unspecified atom stereocenters. The molecular weight excluding hydrogens is 443 g/mol. The van der Waals surface area contributed by atoms with Gasteiger partial charge < -0.3 is 21.3 Å². The van der Waals surface area contributed by atoms with Crippen LogP contribution in [0.5, 0.6) is 0 Å². The molecule has 26 heavy (non-hydrogen) atoms. The van der Waals surface area contributed by atoms with Gasteiger partial charge in [0.25, 0.3) is 0 Å². The first-order valence-electron chi connectivity index (χ1n) is 9.20. The Hall–Kier alpha value is -1.58. The smallest absolute Gasteiger partial charge is 0.220 e. The summed E-state index contributed by atoms with van der Waals surface area (Å²) in [6.45, 7) is 5.12. The lowest BCUT2D eigenvalue weighted by molar-refractivity contribution is -0.122. The Morgan fingerprint density at radius 1 is 1.35 bits per heavy atom. The lowest BCUT2D eigenvalue weighted by Crippen LogP contribution is -2.39. The molecule has 1 aliphatic carbocycles. The normalized spacial score (nSPS) is 18.2. The van der Waals surface area contributed by atoms with Crippen molar-refractivity contribution in [2.24, 2.45) is 16.6 Å². The Labute approximate surface area is 172 Å². The van der Waals surface area contributed by atoms with Crippen molar-refractivity contribution in [1.29, 1.82) is 0 Å². The number of aliphatic imine (C=N–C) groups is 1. The van der Waals surface area contributed by atoms with Crippen LogP contribution in [-0.2, 0) is 11.3 Å². The highest BCUT2D eigenvalue weighted by atomic mass is 127. The van der Waals surface area contributed by atoms with Crippen molar-refractivity contribution < 1.29 is 4.79 Å². The quantitative estimate of drug-likeness (QED) is 0.332. The molecule has 8 heteroatoms. The van der Waals surface area contributed by atoms with E-state index in [2.05, 4.69) is 33.5 Å². The molecule has 1 aliphatic heterocycles. The van der Waals surface area contributed by atoms with Crippen molar-refractivity contribution >= 4 is 41.7 Å². The van der Waals surface area contributed by atoms with Gasteiger partial charge in [-0.05, 0) is 38.7 Å². The van der Waals surface area contributed by atoms with Gasteiger partial charge in [-0.1, -0.05) is 6.07 Å². The molecule has 4 N–H and O–H groups in total. The summed E-state index contributed by atoms with van der Waals surface area (Å²) in [5.41, 5.74) is 6.54. The van der Waals surface area contributed by atoms with Crippen molar-refractivity contribution in [3.05, 3.63) is 23.9 Å². The molecule has 1 aromatic heterocycles. The predicted molar refractivity (Wildman–Crippen MR) is 115 cm³/mol. The number of nitrogens with zero attached hydrogens (tertiary/aromatic N) is 3. The lowest BCUT2D eigenvalue weighted by Gasteiger charge is -2.32. The van der Waals surface area contributed by atoms with E-state index in [-0.39, 0.29) is 35.8 Å². The van der Waals surface area contributed by atoms with Crippen LogP contribution < -0.4 is 21.3 Å². The predicted octanol–water partition coefficient (Wildman–Crippen LogP) is 1.62. The number of piperidine rings is 1. The molecule has 0 spiro atoms. The Bertz CT molecular complexity index is 626. The number of hydrogen-bond acceptors (Lipinski definition) is 4. The van der Waals surface area contributed by atoms with Crippen molar-refractivity contribution in [2.75, 3.05) is 24.5 Å². The van der Waals surface area contributed by atoms with Crippen LogP contribution in [0.15, 0.2) is 23.3 Å². The van der Waals surface area contributed by atoms with Crippen LogP contribution in [0.1, 0.15) is 38.2 Å². The van der Waals surface area contributed by atoms with Gasteiger partial charge in [-0.15, -0.1) is 24.0 Å². The van der Waals surface area contributed by atoms with Gasteiger partial charge in [0.1, 0.15) is 5.82 Å². The number of rotatable bonds is 6. The van der Waals surface area contributed by atoms with E-state index in [9.17, 15) is 4.79 Å². The highest BCUT2D eigenvalue weighted by molar-refractivity contribution is 14.0. The monoisotopic (exact) mass is 472 g/mol. The molecule has 0 atom stereocenters. The number of guanidine groups is 1. The van der Waals surface area contributed by atoms with Gasteiger partial charge in [0.2, 0.25) is 5.91 Å². The number of hydrogen-bond donors (Lipinski definition) is 3. The number of carbonyl (C=O) groups is 1. The number of halogens is 1. The van der Waals surface area contributed by atoms with E-state index in [1.165, 1.54) is 12.8 Å². The fourth-order valence-electron chi connectivity index (χ4n) is 3.12. The van der Waals surface area contributed by atoms with Crippen LogP contribution in [0.4, 0.5) is 5.82 Å². The summed E-state index contributed by atoms with van der Waals surface area (Å²) in [6.07, 6.45) is 5.84. The summed E-state index contributed by atoms with van der Waals surface area (Å²) >= 11 is 0.